The molecule has 26 heavy (non-hydrogen) atoms. The van der Waals surface area contributed by atoms with Crippen LogP contribution < -0.4 is 5.32 Å². The molecule has 2 nitrogen and oxygen atoms in total. The first-order valence-corrected chi connectivity index (χ1v) is 10.3. The van der Waals surface area contributed by atoms with Crippen molar-refractivity contribution in [3.05, 3.63) is 74.8 Å². The van der Waals surface area contributed by atoms with Gasteiger partial charge in [0.2, 0.25) is 0 Å². The number of benzene rings is 2. The minimum Gasteiger partial charge on any atom is -0.310 e. The average Bonchev–Trinajstić information content (AvgIpc) is 3.09. The van der Waals surface area contributed by atoms with E-state index in [1.807, 2.05) is 18.3 Å². The molecule has 0 aliphatic rings. The Hall–Kier alpha value is -1.39. The topological polar surface area (TPSA) is 24.9 Å². The zero-order chi connectivity index (χ0) is 18.5. The molecule has 0 spiro atoms. The maximum absolute atomic E-state index is 6.20. The molecule has 0 atom stereocenters. The minimum atomic E-state index is 0.555. The molecule has 0 fully saturated rings. The lowest BCUT2D eigenvalue weighted by molar-refractivity contribution is 0.684. The van der Waals surface area contributed by atoms with Crippen LogP contribution in [0.25, 0.3) is 10.4 Å². The van der Waals surface area contributed by atoms with Crippen molar-refractivity contribution < 1.29 is 0 Å². The standard InChI is InChI=1S/C21H22Cl2N2S/c1-14(2)15-3-5-17(6-4-15)20-12-25-21(26-20)13-24-10-9-16-7-8-18(22)11-19(16)23/h3-8,11-12,14,24H,9-10,13H2,1-2H3. The fourth-order valence-electron chi connectivity index (χ4n) is 2.70. The quantitative estimate of drug-likeness (QED) is 0.450. The van der Waals surface area contributed by atoms with Gasteiger partial charge in [-0.25, -0.2) is 4.98 Å². The van der Waals surface area contributed by atoms with Gasteiger partial charge in [0.15, 0.2) is 0 Å². The van der Waals surface area contributed by atoms with E-state index in [2.05, 4.69) is 48.4 Å². The average molecular weight is 405 g/mol. The van der Waals surface area contributed by atoms with Gasteiger partial charge in [0.1, 0.15) is 5.01 Å². The van der Waals surface area contributed by atoms with E-state index in [-0.39, 0.29) is 0 Å². The van der Waals surface area contributed by atoms with Gasteiger partial charge in [-0.05, 0) is 47.7 Å². The summed E-state index contributed by atoms with van der Waals surface area (Å²) in [5.41, 5.74) is 3.70. The van der Waals surface area contributed by atoms with E-state index in [0.29, 0.717) is 10.9 Å². The predicted octanol–water partition coefficient (Wildman–Crippen LogP) is 6.57. The van der Waals surface area contributed by atoms with Gasteiger partial charge in [0, 0.05) is 22.8 Å². The van der Waals surface area contributed by atoms with Crippen molar-refractivity contribution in [2.75, 3.05) is 6.54 Å². The molecule has 0 radical (unpaired) electrons. The number of thiazole rings is 1. The van der Waals surface area contributed by atoms with Crippen molar-refractivity contribution in [3.63, 3.8) is 0 Å². The fourth-order valence-corrected chi connectivity index (χ4v) is 4.10. The van der Waals surface area contributed by atoms with Crippen LogP contribution in [-0.4, -0.2) is 11.5 Å². The van der Waals surface area contributed by atoms with Gasteiger partial charge in [-0.2, -0.15) is 0 Å². The molecule has 5 heteroatoms. The molecule has 136 valence electrons. The number of nitrogens with zero attached hydrogens (tertiary/aromatic N) is 1. The third kappa shape index (κ3) is 5.08. The van der Waals surface area contributed by atoms with Gasteiger partial charge < -0.3 is 5.32 Å². The number of hydrogen-bond acceptors (Lipinski definition) is 3. The Morgan fingerprint density at radius 3 is 2.54 bits per heavy atom. The number of aromatic nitrogens is 1. The highest BCUT2D eigenvalue weighted by Gasteiger charge is 2.06. The van der Waals surface area contributed by atoms with E-state index < -0.39 is 0 Å². The van der Waals surface area contributed by atoms with Gasteiger partial charge in [0.05, 0.1) is 4.88 Å². The normalized spacial score (nSPS) is 11.3. The first-order chi connectivity index (χ1) is 12.5. The van der Waals surface area contributed by atoms with Crippen molar-refractivity contribution >= 4 is 34.5 Å². The van der Waals surface area contributed by atoms with Crippen molar-refractivity contribution in [3.8, 4) is 10.4 Å². The van der Waals surface area contributed by atoms with E-state index >= 15 is 0 Å². The first kappa shape index (κ1) is 19.4. The lowest BCUT2D eigenvalue weighted by atomic mass is 10.0. The maximum Gasteiger partial charge on any atom is 0.107 e. The molecule has 3 rings (SSSR count). The van der Waals surface area contributed by atoms with Crippen LogP contribution in [0.4, 0.5) is 0 Å². The summed E-state index contributed by atoms with van der Waals surface area (Å²) >= 11 is 13.9. The maximum atomic E-state index is 6.20. The highest BCUT2D eigenvalue weighted by atomic mass is 35.5. The summed E-state index contributed by atoms with van der Waals surface area (Å²) < 4.78 is 0. The number of halogens is 2. The number of nitrogens with one attached hydrogen (secondary N) is 1. The lowest BCUT2D eigenvalue weighted by Crippen LogP contribution is -2.16. The summed E-state index contributed by atoms with van der Waals surface area (Å²) in [6.45, 7) is 6.03. The molecule has 3 aromatic rings. The minimum absolute atomic E-state index is 0.555. The second-order valence-electron chi connectivity index (χ2n) is 6.56. The molecule has 1 N–H and O–H groups in total. The Kier molecular flexibility index (Phi) is 6.71. The van der Waals surface area contributed by atoms with Crippen molar-refractivity contribution in [1.29, 1.82) is 0 Å². The van der Waals surface area contributed by atoms with Crippen LogP contribution >= 0.6 is 34.5 Å². The Balaban J connectivity index is 1.52. The molecule has 0 saturated heterocycles. The summed E-state index contributed by atoms with van der Waals surface area (Å²) in [5, 5.41) is 5.92. The summed E-state index contributed by atoms with van der Waals surface area (Å²) in [6.07, 6.45) is 2.83. The monoisotopic (exact) mass is 404 g/mol. The molecule has 0 unspecified atom stereocenters. The molecule has 0 aliphatic carbocycles. The van der Waals surface area contributed by atoms with Gasteiger partial charge in [-0.3, -0.25) is 0 Å². The molecular formula is C21H22Cl2N2S. The molecule has 2 aromatic carbocycles. The second-order valence-corrected chi connectivity index (χ2v) is 8.52. The Labute approximate surface area is 169 Å². The van der Waals surface area contributed by atoms with Crippen molar-refractivity contribution in [2.24, 2.45) is 0 Å². The number of hydrogen-bond donors (Lipinski definition) is 1. The van der Waals surface area contributed by atoms with Crippen LogP contribution in [0.15, 0.2) is 48.7 Å². The molecular weight excluding hydrogens is 383 g/mol. The summed E-state index contributed by atoms with van der Waals surface area (Å²) in [5.74, 6) is 0.555. The molecule has 1 aromatic heterocycles. The highest BCUT2D eigenvalue weighted by Crippen LogP contribution is 2.27. The zero-order valence-electron chi connectivity index (χ0n) is 14.9. The van der Waals surface area contributed by atoms with E-state index in [1.165, 1.54) is 16.0 Å². The smallest absolute Gasteiger partial charge is 0.107 e. The fraction of sp³-hybridized carbons (Fsp3) is 0.286. The van der Waals surface area contributed by atoms with Crippen LogP contribution in [0.2, 0.25) is 10.0 Å². The molecule has 0 amide bonds. The zero-order valence-corrected chi connectivity index (χ0v) is 17.3. The second kappa shape index (κ2) is 9.01. The molecule has 0 saturated carbocycles. The van der Waals surface area contributed by atoms with Crippen LogP contribution in [0.1, 0.15) is 35.9 Å². The van der Waals surface area contributed by atoms with E-state index in [4.69, 9.17) is 23.2 Å². The van der Waals surface area contributed by atoms with E-state index in [9.17, 15) is 0 Å². The van der Waals surface area contributed by atoms with Crippen LogP contribution in [0, 0.1) is 0 Å². The Bertz CT molecular complexity index is 857. The molecule has 0 bridgehead atoms. The Morgan fingerprint density at radius 2 is 1.85 bits per heavy atom. The van der Waals surface area contributed by atoms with Crippen LogP contribution in [0.5, 0.6) is 0 Å². The van der Waals surface area contributed by atoms with Gasteiger partial charge in [0.25, 0.3) is 0 Å². The lowest BCUT2D eigenvalue weighted by Gasteiger charge is -2.06. The van der Waals surface area contributed by atoms with Crippen LogP contribution in [-0.2, 0) is 13.0 Å². The van der Waals surface area contributed by atoms with Crippen molar-refractivity contribution in [1.82, 2.24) is 10.3 Å². The van der Waals surface area contributed by atoms with Gasteiger partial charge in [-0.1, -0.05) is 67.4 Å². The van der Waals surface area contributed by atoms with Crippen molar-refractivity contribution in [2.45, 2.75) is 32.7 Å². The van der Waals surface area contributed by atoms with E-state index in [0.717, 1.165) is 35.1 Å². The van der Waals surface area contributed by atoms with Gasteiger partial charge >= 0.3 is 0 Å². The SMILES string of the molecule is CC(C)c1ccc(-c2cnc(CNCCc3ccc(Cl)cc3Cl)s2)cc1. The summed E-state index contributed by atoms with van der Waals surface area (Å²) in [7, 11) is 0. The third-order valence-electron chi connectivity index (χ3n) is 4.28. The third-order valence-corrected chi connectivity index (χ3v) is 5.91. The molecule has 1 heterocycles. The molecule has 0 aliphatic heterocycles. The summed E-state index contributed by atoms with van der Waals surface area (Å²) in [4.78, 5) is 5.74. The Morgan fingerprint density at radius 1 is 1.08 bits per heavy atom. The number of rotatable bonds is 7. The summed E-state index contributed by atoms with van der Waals surface area (Å²) in [6, 6.07) is 14.4. The largest absolute Gasteiger partial charge is 0.310 e. The van der Waals surface area contributed by atoms with Crippen LogP contribution in [0.3, 0.4) is 0 Å². The highest BCUT2D eigenvalue weighted by molar-refractivity contribution is 7.15. The first-order valence-electron chi connectivity index (χ1n) is 8.72. The predicted molar refractivity (Wildman–Crippen MR) is 114 cm³/mol. The van der Waals surface area contributed by atoms with Gasteiger partial charge in [-0.15, -0.1) is 11.3 Å². The van der Waals surface area contributed by atoms with E-state index in [1.54, 1.807) is 17.4 Å².